The number of thioether (sulfide) groups is 1. The number of nitrogens with zero attached hydrogens (tertiary/aromatic N) is 1. The van der Waals surface area contributed by atoms with E-state index in [1.807, 2.05) is 6.07 Å². The van der Waals surface area contributed by atoms with Crippen LogP contribution in [0.25, 0.3) is 0 Å². The van der Waals surface area contributed by atoms with Crippen LogP contribution in [0.5, 0.6) is 5.75 Å². The number of rotatable bonds is 8. The summed E-state index contributed by atoms with van der Waals surface area (Å²) in [4.78, 5) is 4.11. The third-order valence-corrected chi connectivity index (χ3v) is 3.77. The Morgan fingerprint density at radius 2 is 2.11 bits per heavy atom. The SMILES string of the molecule is CCCOc1cncc(C(O)CSCC(C)C)c1. The topological polar surface area (TPSA) is 42.4 Å². The summed E-state index contributed by atoms with van der Waals surface area (Å²) in [7, 11) is 0. The van der Waals surface area contributed by atoms with Crippen LogP contribution in [0.2, 0.25) is 0 Å². The summed E-state index contributed by atoms with van der Waals surface area (Å²) in [6.07, 6.45) is 3.90. The Morgan fingerprint density at radius 3 is 2.78 bits per heavy atom. The Balaban J connectivity index is 2.48. The molecule has 0 aromatic carbocycles. The first-order valence-electron chi connectivity index (χ1n) is 6.47. The summed E-state index contributed by atoms with van der Waals surface area (Å²) in [5.74, 6) is 3.16. The van der Waals surface area contributed by atoms with Crippen LogP contribution in [0.15, 0.2) is 18.5 Å². The van der Waals surface area contributed by atoms with E-state index in [9.17, 15) is 5.11 Å². The number of hydrogen-bond acceptors (Lipinski definition) is 4. The Kier molecular flexibility index (Phi) is 7.13. The van der Waals surface area contributed by atoms with E-state index < -0.39 is 6.10 Å². The maximum Gasteiger partial charge on any atom is 0.137 e. The summed E-state index contributed by atoms with van der Waals surface area (Å²) in [6.45, 7) is 7.11. The third kappa shape index (κ3) is 5.74. The van der Waals surface area contributed by atoms with Crippen LogP contribution in [0.3, 0.4) is 0 Å². The minimum absolute atomic E-state index is 0.466. The van der Waals surface area contributed by atoms with E-state index in [0.717, 1.165) is 23.5 Å². The minimum atomic E-state index is -0.466. The van der Waals surface area contributed by atoms with Gasteiger partial charge in [-0.05, 0) is 24.2 Å². The summed E-state index contributed by atoms with van der Waals surface area (Å²) in [5, 5.41) is 10.1. The molecule has 0 saturated heterocycles. The van der Waals surface area contributed by atoms with Gasteiger partial charge in [0.15, 0.2) is 0 Å². The lowest BCUT2D eigenvalue weighted by molar-refractivity contribution is 0.202. The van der Waals surface area contributed by atoms with Gasteiger partial charge in [-0.25, -0.2) is 0 Å². The molecule has 3 nitrogen and oxygen atoms in total. The molecule has 18 heavy (non-hydrogen) atoms. The number of aliphatic hydroxyl groups excluding tert-OH is 1. The number of aliphatic hydroxyl groups is 1. The van der Waals surface area contributed by atoms with Crippen molar-refractivity contribution in [3.63, 3.8) is 0 Å². The van der Waals surface area contributed by atoms with Crippen LogP contribution < -0.4 is 4.74 Å². The zero-order valence-corrected chi connectivity index (χ0v) is 12.2. The Morgan fingerprint density at radius 1 is 1.33 bits per heavy atom. The fourth-order valence-electron chi connectivity index (χ4n) is 1.43. The molecule has 0 bridgehead atoms. The molecule has 0 aliphatic heterocycles. The summed E-state index contributed by atoms with van der Waals surface area (Å²) >= 11 is 1.77. The van der Waals surface area contributed by atoms with E-state index in [1.165, 1.54) is 0 Å². The number of aromatic nitrogens is 1. The highest BCUT2D eigenvalue weighted by atomic mass is 32.2. The van der Waals surface area contributed by atoms with Crippen LogP contribution >= 0.6 is 11.8 Å². The van der Waals surface area contributed by atoms with Gasteiger partial charge in [-0.3, -0.25) is 4.98 Å². The highest BCUT2D eigenvalue weighted by Crippen LogP contribution is 2.22. The van der Waals surface area contributed by atoms with Gasteiger partial charge in [-0.2, -0.15) is 11.8 Å². The van der Waals surface area contributed by atoms with Crippen molar-refractivity contribution >= 4 is 11.8 Å². The molecule has 0 amide bonds. The van der Waals surface area contributed by atoms with Crippen molar-refractivity contribution in [1.82, 2.24) is 4.98 Å². The predicted molar refractivity (Wildman–Crippen MR) is 77.1 cm³/mol. The van der Waals surface area contributed by atoms with Gasteiger partial charge >= 0.3 is 0 Å². The lowest BCUT2D eigenvalue weighted by Gasteiger charge is -2.12. The van der Waals surface area contributed by atoms with Crippen LogP contribution in [-0.2, 0) is 0 Å². The van der Waals surface area contributed by atoms with Gasteiger partial charge in [0.05, 0.1) is 18.9 Å². The van der Waals surface area contributed by atoms with E-state index >= 15 is 0 Å². The zero-order chi connectivity index (χ0) is 13.4. The summed E-state index contributed by atoms with van der Waals surface area (Å²) < 4.78 is 5.51. The molecular weight excluding hydrogens is 246 g/mol. The van der Waals surface area contributed by atoms with Gasteiger partial charge in [0.1, 0.15) is 5.75 Å². The lowest BCUT2D eigenvalue weighted by Crippen LogP contribution is -2.04. The first-order chi connectivity index (χ1) is 8.63. The standard InChI is InChI=1S/C14H23NO2S/c1-4-5-17-13-6-12(7-15-8-13)14(16)10-18-9-11(2)3/h6-8,11,14,16H,4-5,9-10H2,1-3H3. The zero-order valence-electron chi connectivity index (χ0n) is 11.4. The third-order valence-electron chi connectivity index (χ3n) is 2.32. The normalized spacial score (nSPS) is 12.7. The smallest absolute Gasteiger partial charge is 0.137 e. The van der Waals surface area contributed by atoms with E-state index in [4.69, 9.17) is 4.74 Å². The second-order valence-electron chi connectivity index (χ2n) is 4.75. The molecule has 0 spiro atoms. The Labute approximate surface area is 114 Å². The average Bonchev–Trinajstić information content (AvgIpc) is 2.36. The first kappa shape index (κ1) is 15.3. The van der Waals surface area contributed by atoms with E-state index in [-0.39, 0.29) is 0 Å². The number of ether oxygens (including phenoxy) is 1. The Bertz CT molecular complexity index is 344. The van der Waals surface area contributed by atoms with E-state index in [0.29, 0.717) is 18.3 Å². The van der Waals surface area contributed by atoms with Crippen molar-refractivity contribution in [2.24, 2.45) is 5.92 Å². The molecule has 0 radical (unpaired) electrons. The molecule has 1 N–H and O–H groups in total. The van der Waals surface area contributed by atoms with Crippen molar-refractivity contribution in [2.75, 3.05) is 18.1 Å². The van der Waals surface area contributed by atoms with Crippen molar-refractivity contribution in [3.05, 3.63) is 24.0 Å². The summed E-state index contributed by atoms with van der Waals surface area (Å²) in [5.41, 5.74) is 0.833. The molecule has 1 rings (SSSR count). The fourth-order valence-corrected chi connectivity index (χ4v) is 2.45. The summed E-state index contributed by atoms with van der Waals surface area (Å²) in [6, 6.07) is 1.88. The van der Waals surface area contributed by atoms with Crippen LogP contribution in [0.1, 0.15) is 38.9 Å². The molecule has 4 heteroatoms. The predicted octanol–water partition coefficient (Wildman–Crippen LogP) is 3.29. The maximum atomic E-state index is 10.1. The molecule has 1 aromatic rings. The number of pyridine rings is 1. The van der Waals surface area contributed by atoms with Gasteiger partial charge in [0.25, 0.3) is 0 Å². The monoisotopic (exact) mass is 269 g/mol. The fraction of sp³-hybridized carbons (Fsp3) is 0.643. The molecule has 0 saturated carbocycles. The lowest BCUT2D eigenvalue weighted by atomic mass is 10.2. The molecule has 0 aliphatic rings. The quantitative estimate of drug-likeness (QED) is 0.786. The second-order valence-corrected chi connectivity index (χ2v) is 5.82. The average molecular weight is 269 g/mol. The Hall–Kier alpha value is -0.740. The molecule has 1 unspecified atom stereocenters. The van der Waals surface area contributed by atoms with Crippen molar-refractivity contribution < 1.29 is 9.84 Å². The van der Waals surface area contributed by atoms with E-state index in [1.54, 1.807) is 24.2 Å². The maximum absolute atomic E-state index is 10.1. The highest BCUT2D eigenvalue weighted by molar-refractivity contribution is 7.99. The first-order valence-corrected chi connectivity index (χ1v) is 7.62. The highest BCUT2D eigenvalue weighted by Gasteiger charge is 2.09. The van der Waals surface area contributed by atoms with Crippen molar-refractivity contribution in [1.29, 1.82) is 0 Å². The van der Waals surface area contributed by atoms with Gasteiger partial charge in [0, 0.05) is 17.5 Å². The van der Waals surface area contributed by atoms with Crippen LogP contribution in [0.4, 0.5) is 0 Å². The molecular formula is C14H23NO2S. The largest absolute Gasteiger partial charge is 0.492 e. The van der Waals surface area contributed by atoms with Crippen LogP contribution in [-0.4, -0.2) is 28.2 Å². The van der Waals surface area contributed by atoms with Crippen molar-refractivity contribution in [3.8, 4) is 5.75 Å². The van der Waals surface area contributed by atoms with E-state index in [2.05, 4.69) is 25.8 Å². The second kappa shape index (κ2) is 8.38. The molecule has 1 atom stereocenters. The van der Waals surface area contributed by atoms with Crippen molar-refractivity contribution in [2.45, 2.75) is 33.3 Å². The van der Waals surface area contributed by atoms with Gasteiger partial charge in [-0.1, -0.05) is 20.8 Å². The van der Waals surface area contributed by atoms with Crippen LogP contribution in [0, 0.1) is 5.92 Å². The molecule has 0 fully saturated rings. The van der Waals surface area contributed by atoms with Gasteiger partial charge in [-0.15, -0.1) is 0 Å². The molecule has 102 valence electrons. The van der Waals surface area contributed by atoms with Gasteiger partial charge in [0.2, 0.25) is 0 Å². The molecule has 0 aliphatic carbocycles. The minimum Gasteiger partial charge on any atom is -0.492 e. The molecule has 1 aromatic heterocycles. The number of hydrogen-bond donors (Lipinski definition) is 1. The molecule has 1 heterocycles. The van der Waals surface area contributed by atoms with Gasteiger partial charge < -0.3 is 9.84 Å².